The van der Waals surface area contributed by atoms with Crippen LogP contribution >= 0.6 is 0 Å². The van der Waals surface area contributed by atoms with Gasteiger partial charge in [0.1, 0.15) is 11.6 Å². The van der Waals surface area contributed by atoms with Crippen LogP contribution in [0, 0.1) is 69.2 Å². The van der Waals surface area contributed by atoms with Crippen LogP contribution in [-0.4, -0.2) is 19.9 Å². The van der Waals surface area contributed by atoms with Crippen molar-refractivity contribution in [2.24, 2.45) is 0 Å². The maximum absolute atomic E-state index is 5.59. The maximum atomic E-state index is 5.59. The molecule has 0 radical (unpaired) electrons. The molecule has 0 spiro atoms. The van der Waals surface area contributed by atoms with E-state index in [0.717, 1.165) is 67.3 Å². The van der Waals surface area contributed by atoms with Crippen molar-refractivity contribution in [3.63, 3.8) is 0 Å². The smallest absolute Gasteiger partial charge is 0.162 e. The van der Waals surface area contributed by atoms with E-state index in [4.69, 9.17) is 19.9 Å². The standard InChI is InChI=1S/C66H60N6/c1-41-35-43(3)61(44(4)36-41)72(62-45(5)37-42(2)38-46(62)6)64-49(9)47(7)48(8)63(50(64)10)71(59-39-57(53-25-17-12-18-26-53)67-65(69-59)55-27-19-13-20-28-55)60-40-58(68-66(70-60)56-29-21-14-22-30-56)54-33-31-52(32-34-54)51-23-15-11-16-24-51/h11-40H,1-10H3. The largest absolute Gasteiger partial charge is 0.309 e. The maximum Gasteiger partial charge on any atom is 0.162 e. The molecule has 0 fully saturated rings. The van der Waals surface area contributed by atoms with Crippen molar-refractivity contribution in [2.75, 3.05) is 9.80 Å². The van der Waals surface area contributed by atoms with Gasteiger partial charge in [-0.3, -0.25) is 4.90 Å². The average Bonchev–Trinajstić information content (AvgIpc) is 3.39. The van der Waals surface area contributed by atoms with E-state index in [0.29, 0.717) is 23.3 Å². The van der Waals surface area contributed by atoms with Gasteiger partial charge in [0, 0.05) is 34.4 Å². The number of hydrogen-bond acceptors (Lipinski definition) is 6. The molecule has 6 heteroatoms. The summed E-state index contributed by atoms with van der Waals surface area (Å²) in [6, 6.07) is 63.6. The van der Waals surface area contributed by atoms with Crippen LogP contribution in [0.4, 0.5) is 34.4 Å². The third-order valence-corrected chi connectivity index (χ3v) is 14.0. The van der Waals surface area contributed by atoms with E-state index < -0.39 is 0 Å². The number of nitrogens with zero attached hydrogens (tertiary/aromatic N) is 6. The third-order valence-electron chi connectivity index (χ3n) is 14.0. The van der Waals surface area contributed by atoms with Gasteiger partial charge >= 0.3 is 0 Å². The molecule has 0 unspecified atom stereocenters. The van der Waals surface area contributed by atoms with Gasteiger partial charge in [-0.1, -0.05) is 181 Å². The van der Waals surface area contributed by atoms with Crippen LogP contribution in [0.25, 0.3) is 56.4 Å². The van der Waals surface area contributed by atoms with Crippen LogP contribution in [0.5, 0.6) is 0 Å². The fourth-order valence-corrected chi connectivity index (χ4v) is 10.6. The van der Waals surface area contributed by atoms with Gasteiger partial charge < -0.3 is 4.90 Å². The highest BCUT2D eigenvalue weighted by molar-refractivity contribution is 5.93. The molecule has 0 bridgehead atoms. The number of rotatable bonds is 11. The van der Waals surface area contributed by atoms with E-state index in [1.807, 2.05) is 42.5 Å². The Hall–Kier alpha value is -8.48. The van der Waals surface area contributed by atoms with Gasteiger partial charge in [0.2, 0.25) is 0 Å². The molecule has 0 aliphatic rings. The minimum atomic E-state index is 0.610. The molecule has 0 atom stereocenters. The van der Waals surface area contributed by atoms with Crippen molar-refractivity contribution in [3.8, 4) is 56.4 Å². The number of aromatic nitrogens is 4. The number of anilines is 6. The summed E-state index contributed by atoms with van der Waals surface area (Å²) in [6.45, 7) is 22.4. The summed E-state index contributed by atoms with van der Waals surface area (Å²) in [7, 11) is 0. The van der Waals surface area contributed by atoms with Crippen molar-refractivity contribution >= 4 is 34.4 Å². The molecule has 8 aromatic carbocycles. The molecule has 6 nitrogen and oxygen atoms in total. The Morgan fingerprint density at radius 2 is 0.583 bits per heavy atom. The first-order chi connectivity index (χ1) is 34.8. The summed E-state index contributed by atoms with van der Waals surface area (Å²) in [5.41, 5.74) is 24.1. The zero-order valence-electron chi connectivity index (χ0n) is 43.0. The first-order valence-corrected chi connectivity index (χ1v) is 24.8. The first kappa shape index (κ1) is 47.2. The molecule has 0 amide bonds. The van der Waals surface area contributed by atoms with Crippen molar-refractivity contribution in [1.82, 2.24) is 19.9 Å². The van der Waals surface area contributed by atoms with Crippen molar-refractivity contribution in [2.45, 2.75) is 69.2 Å². The normalized spacial score (nSPS) is 11.2. The molecule has 2 heterocycles. The first-order valence-electron chi connectivity index (χ1n) is 24.8. The lowest BCUT2D eigenvalue weighted by atomic mass is 9.91. The number of hydrogen-bond donors (Lipinski definition) is 0. The fraction of sp³-hybridized carbons (Fsp3) is 0.152. The molecule has 72 heavy (non-hydrogen) atoms. The quantitative estimate of drug-likeness (QED) is 0.129. The van der Waals surface area contributed by atoms with Crippen molar-refractivity contribution < 1.29 is 0 Å². The summed E-state index contributed by atoms with van der Waals surface area (Å²) >= 11 is 0. The molecule has 0 saturated carbocycles. The molecule has 0 aliphatic carbocycles. The summed E-state index contributed by atoms with van der Waals surface area (Å²) in [6.07, 6.45) is 0. The lowest BCUT2D eigenvalue weighted by Gasteiger charge is -2.37. The van der Waals surface area contributed by atoms with Crippen LogP contribution in [0.1, 0.15) is 55.6 Å². The summed E-state index contributed by atoms with van der Waals surface area (Å²) in [4.78, 5) is 26.6. The lowest BCUT2D eigenvalue weighted by molar-refractivity contribution is 1.05. The van der Waals surface area contributed by atoms with Crippen LogP contribution in [0.15, 0.2) is 182 Å². The highest BCUT2D eigenvalue weighted by atomic mass is 15.3. The van der Waals surface area contributed by atoms with Gasteiger partial charge in [0.05, 0.1) is 34.1 Å². The predicted octanol–water partition coefficient (Wildman–Crippen LogP) is 17.6. The lowest BCUT2D eigenvalue weighted by Crippen LogP contribution is -2.22. The van der Waals surface area contributed by atoms with Gasteiger partial charge in [-0.15, -0.1) is 0 Å². The topological polar surface area (TPSA) is 58.0 Å². The highest BCUT2D eigenvalue weighted by Gasteiger charge is 2.31. The van der Waals surface area contributed by atoms with E-state index in [-0.39, 0.29) is 0 Å². The Morgan fingerprint density at radius 3 is 0.986 bits per heavy atom. The van der Waals surface area contributed by atoms with Gasteiger partial charge in [0.25, 0.3) is 0 Å². The predicted molar refractivity (Wildman–Crippen MR) is 302 cm³/mol. The van der Waals surface area contributed by atoms with Gasteiger partial charge in [-0.25, -0.2) is 19.9 Å². The number of aryl methyl sites for hydroxylation is 6. The van der Waals surface area contributed by atoms with Gasteiger partial charge in [-0.2, -0.15) is 0 Å². The monoisotopic (exact) mass is 936 g/mol. The zero-order chi connectivity index (χ0) is 50.2. The van der Waals surface area contributed by atoms with E-state index in [1.54, 1.807) is 0 Å². The van der Waals surface area contributed by atoms with Gasteiger partial charge in [-0.05, 0) is 125 Å². The number of benzene rings is 8. The SMILES string of the molecule is Cc1cc(C)c(N(c2c(C)cc(C)cc2C)c2c(C)c(C)c(C)c(N(c3cc(-c4ccccc4)nc(-c4ccccc4)n3)c3cc(-c4ccc(-c5ccccc5)cc4)nc(-c4ccccc4)n3)c2C)c(C)c1. The second-order valence-electron chi connectivity index (χ2n) is 19.3. The summed E-state index contributed by atoms with van der Waals surface area (Å²) in [5, 5.41) is 0. The van der Waals surface area contributed by atoms with E-state index in [9.17, 15) is 0 Å². The molecule has 0 aliphatic heterocycles. The van der Waals surface area contributed by atoms with Gasteiger partial charge in [0.15, 0.2) is 11.6 Å². The van der Waals surface area contributed by atoms with Crippen LogP contribution in [0.3, 0.4) is 0 Å². The molecule has 0 N–H and O–H groups in total. The molecular weight excluding hydrogens is 877 g/mol. The summed E-state index contributed by atoms with van der Waals surface area (Å²) in [5.74, 6) is 2.59. The highest BCUT2D eigenvalue weighted by Crippen LogP contribution is 2.51. The Bertz CT molecular complexity index is 3450. The minimum Gasteiger partial charge on any atom is -0.309 e. The van der Waals surface area contributed by atoms with E-state index >= 15 is 0 Å². The molecule has 2 aromatic heterocycles. The second kappa shape index (κ2) is 19.7. The van der Waals surface area contributed by atoms with Crippen molar-refractivity contribution in [1.29, 1.82) is 0 Å². The van der Waals surface area contributed by atoms with Crippen molar-refractivity contribution in [3.05, 3.63) is 238 Å². The van der Waals surface area contributed by atoms with E-state index in [1.165, 1.54) is 55.9 Å². The van der Waals surface area contributed by atoms with Crippen LogP contribution < -0.4 is 9.80 Å². The van der Waals surface area contributed by atoms with Crippen LogP contribution in [0.2, 0.25) is 0 Å². The molecular formula is C66H60N6. The Labute approximate surface area is 425 Å². The average molecular weight is 937 g/mol. The zero-order valence-corrected chi connectivity index (χ0v) is 43.0. The van der Waals surface area contributed by atoms with E-state index in [2.05, 4.69) is 219 Å². The van der Waals surface area contributed by atoms with Crippen LogP contribution in [-0.2, 0) is 0 Å². The minimum absolute atomic E-state index is 0.610. The Balaban J connectivity index is 1.32. The molecule has 10 aromatic rings. The molecule has 10 rings (SSSR count). The third kappa shape index (κ3) is 9.08. The Morgan fingerprint density at radius 1 is 0.264 bits per heavy atom. The Kier molecular flexibility index (Phi) is 12.9. The molecule has 354 valence electrons. The summed E-state index contributed by atoms with van der Waals surface area (Å²) < 4.78 is 0. The fourth-order valence-electron chi connectivity index (χ4n) is 10.6. The second-order valence-corrected chi connectivity index (χ2v) is 19.3. The molecule has 0 saturated heterocycles.